The van der Waals surface area contributed by atoms with Crippen LogP contribution in [0.2, 0.25) is 0 Å². The number of benzene rings is 1. The van der Waals surface area contributed by atoms with Crippen molar-refractivity contribution in [3.05, 3.63) is 35.9 Å². The average Bonchev–Trinajstić information content (AvgIpc) is 3.33. The van der Waals surface area contributed by atoms with Crippen molar-refractivity contribution in [2.24, 2.45) is 5.92 Å². The zero-order valence-electron chi connectivity index (χ0n) is 15.9. The van der Waals surface area contributed by atoms with Gasteiger partial charge in [0.2, 0.25) is 0 Å². The summed E-state index contributed by atoms with van der Waals surface area (Å²) in [5.74, 6) is 0.737. The molecule has 4 rings (SSSR count). The number of likely N-dealkylation sites (tertiary alicyclic amines) is 1. The van der Waals surface area contributed by atoms with Crippen molar-refractivity contribution in [3.8, 4) is 0 Å². The van der Waals surface area contributed by atoms with Gasteiger partial charge >= 0.3 is 0 Å². The van der Waals surface area contributed by atoms with Crippen molar-refractivity contribution in [1.82, 2.24) is 15.5 Å². The number of ether oxygens (including phenoxy) is 1. The van der Waals surface area contributed by atoms with Crippen LogP contribution in [0.15, 0.2) is 30.3 Å². The zero-order chi connectivity index (χ0) is 17.1. The number of rotatable bonds is 5. The molecule has 146 valence electrons. The lowest BCUT2D eigenvalue weighted by atomic mass is 9.93. The largest absolute Gasteiger partial charge is 0.379 e. The molecule has 0 bridgehead atoms. The minimum atomic E-state index is 0. The summed E-state index contributed by atoms with van der Waals surface area (Å²) in [4.78, 5) is 2.64. The molecule has 0 amide bonds. The molecule has 2 aliphatic heterocycles. The Hall–Kier alpha value is -0.650. The Morgan fingerprint density at radius 3 is 2.81 bits per heavy atom. The molecular weight excluding hydrogens is 346 g/mol. The van der Waals surface area contributed by atoms with E-state index in [4.69, 9.17) is 4.74 Å². The summed E-state index contributed by atoms with van der Waals surface area (Å²) >= 11 is 0. The van der Waals surface area contributed by atoms with Gasteiger partial charge in [-0.2, -0.15) is 0 Å². The Morgan fingerprint density at radius 2 is 2.04 bits per heavy atom. The Bertz CT molecular complexity index is 537. The number of morpholine rings is 1. The lowest BCUT2D eigenvalue weighted by molar-refractivity contribution is 0.0517. The Morgan fingerprint density at radius 1 is 1.19 bits per heavy atom. The van der Waals surface area contributed by atoms with Crippen LogP contribution in [0.1, 0.15) is 44.2 Å². The van der Waals surface area contributed by atoms with Gasteiger partial charge in [0, 0.05) is 43.8 Å². The molecular formula is C21H34ClN3O. The maximum Gasteiger partial charge on any atom is 0.0623 e. The van der Waals surface area contributed by atoms with Crippen molar-refractivity contribution in [2.45, 2.75) is 56.8 Å². The fourth-order valence-corrected chi connectivity index (χ4v) is 5.06. The molecule has 0 aromatic heterocycles. The number of nitrogens with one attached hydrogen (secondary N) is 2. The molecule has 4 nitrogen and oxygen atoms in total. The number of hydrogen-bond donors (Lipinski definition) is 2. The summed E-state index contributed by atoms with van der Waals surface area (Å²) in [6.07, 6.45) is 5.30. The second-order valence-electron chi connectivity index (χ2n) is 8.07. The molecule has 2 heterocycles. The normalized spacial score (nSPS) is 33.7. The average molecular weight is 380 g/mol. The summed E-state index contributed by atoms with van der Waals surface area (Å²) in [6.45, 7) is 7.50. The minimum absolute atomic E-state index is 0. The number of halogens is 1. The molecule has 3 aliphatic rings. The Labute approximate surface area is 164 Å². The topological polar surface area (TPSA) is 36.5 Å². The first-order valence-electron chi connectivity index (χ1n) is 10.2. The highest BCUT2D eigenvalue weighted by Crippen LogP contribution is 2.31. The lowest BCUT2D eigenvalue weighted by Crippen LogP contribution is -2.52. The summed E-state index contributed by atoms with van der Waals surface area (Å²) in [5.41, 5.74) is 1.44. The first-order valence-corrected chi connectivity index (χ1v) is 10.2. The van der Waals surface area contributed by atoms with Gasteiger partial charge in [-0.1, -0.05) is 36.8 Å². The predicted molar refractivity (Wildman–Crippen MR) is 109 cm³/mol. The fraction of sp³-hybridized carbons (Fsp3) is 0.714. The van der Waals surface area contributed by atoms with Crippen molar-refractivity contribution in [2.75, 3.05) is 32.8 Å². The minimum Gasteiger partial charge on any atom is -0.379 e. The summed E-state index contributed by atoms with van der Waals surface area (Å²) in [7, 11) is 0. The molecule has 5 heteroatoms. The molecule has 26 heavy (non-hydrogen) atoms. The molecule has 5 unspecified atom stereocenters. The van der Waals surface area contributed by atoms with Gasteiger partial charge in [0.05, 0.1) is 13.2 Å². The lowest BCUT2D eigenvalue weighted by Gasteiger charge is -2.34. The van der Waals surface area contributed by atoms with Gasteiger partial charge in [0.15, 0.2) is 0 Å². The number of hydrogen-bond acceptors (Lipinski definition) is 4. The van der Waals surface area contributed by atoms with E-state index >= 15 is 0 Å². The molecule has 5 atom stereocenters. The van der Waals surface area contributed by atoms with Crippen molar-refractivity contribution in [3.63, 3.8) is 0 Å². The highest BCUT2D eigenvalue weighted by Gasteiger charge is 2.37. The molecule has 1 aliphatic carbocycles. The van der Waals surface area contributed by atoms with Crippen molar-refractivity contribution < 1.29 is 4.74 Å². The van der Waals surface area contributed by atoms with Crippen LogP contribution in [0.4, 0.5) is 0 Å². The molecule has 1 aromatic carbocycles. The second kappa shape index (κ2) is 9.52. The quantitative estimate of drug-likeness (QED) is 0.824. The number of nitrogens with zero attached hydrogens (tertiary/aromatic N) is 1. The molecule has 1 saturated carbocycles. The predicted octanol–water partition coefficient (Wildman–Crippen LogP) is 2.99. The van der Waals surface area contributed by atoms with Gasteiger partial charge in [-0.3, -0.25) is 4.90 Å². The Balaban J connectivity index is 0.00000196. The van der Waals surface area contributed by atoms with Gasteiger partial charge in [-0.25, -0.2) is 0 Å². The van der Waals surface area contributed by atoms with Crippen LogP contribution in [0.25, 0.3) is 0 Å². The van der Waals surface area contributed by atoms with Crippen molar-refractivity contribution in [1.29, 1.82) is 0 Å². The SMILES string of the molecule is CC(c1ccccc1)N1CCC(NC2CCCC2C2COCCN2)C1.Cl. The second-order valence-corrected chi connectivity index (χ2v) is 8.07. The molecule has 0 radical (unpaired) electrons. The van der Waals surface area contributed by atoms with Crippen LogP contribution in [-0.4, -0.2) is 55.9 Å². The maximum atomic E-state index is 5.71. The van der Waals surface area contributed by atoms with E-state index in [1.54, 1.807) is 0 Å². The van der Waals surface area contributed by atoms with Gasteiger partial charge in [0.25, 0.3) is 0 Å². The van der Waals surface area contributed by atoms with Gasteiger partial charge in [-0.15, -0.1) is 12.4 Å². The van der Waals surface area contributed by atoms with Crippen molar-refractivity contribution >= 4 is 12.4 Å². The van der Waals surface area contributed by atoms with Crippen LogP contribution >= 0.6 is 12.4 Å². The fourth-order valence-electron chi connectivity index (χ4n) is 5.06. The summed E-state index contributed by atoms with van der Waals surface area (Å²) < 4.78 is 5.71. The third kappa shape index (κ3) is 4.60. The molecule has 0 spiro atoms. The van der Waals surface area contributed by atoms with E-state index in [0.717, 1.165) is 25.7 Å². The summed E-state index contributed by atoms with van der Waals surface area (Å²) in [6, 6.07) is 13.3. The van der Waals surface area contributed by atoms with Gasteiger partial charge in [-0.05, 0) is 37.7 Å². The van der Waals surface area contributed by atoms with E-state index < -0.39 is 0 Å². The van der Waals surface area contributed by atoms with Crippen LogP contribution < -0.4 is 10.6 Å². The van der Waals surface area contributed by atoms with E-state index in [-0.39, 0.29) is 12.4 Å². The van der Waals surface area contributed by atoms with E-state index in [0.29, 0.717) is 24.2 Å². The monoisotopic (exact) mass is 379 g/mol. The van der Waals surface area contributed by atoms with Crippen LogP contribution in [-0.2, 0) is 4.74 Å². The van der Waals surface area contributed by atoms with Gasteiger partial charge < -0.3 is 15.4 Å². The maximum absolute atomic E-state index is 5.71. The zero-order valence-corrected chi connectivity index (χ0v) is 16.7. The van der Waals surface area contributed by atoms with Crippen LogP contribution in [0, 0.1) is 5.92 Å². The highest BCUT2D eigenvalue weighted by molar-refractivity contribution is 5.85. The van der Waals surface area contributed by atoms with E-state index in [2.05, 4.69) is 52.8 Å². The van der Waals surface area contributed by atoms with E-state index in [1.807, 2.05) is 0 Å². The standard InChI is InChI=1S/C21H33N3O.ClH/c1-16(17-6-3-2-4-7-17)24-12-10-18(14-24)23-20-9-5-8-19(20)21-15-25-13-11-22-21;/h2-4,6-7,16,18-23H,5,8-15H2,1H3;1H. The van der Waals surface area contributed by atoms with Gasteiger partial charge in [0.1, 0.15) is 0 Å². The smallest absolute Gasteiger partial charge is 0.0623 e. The molecule has 1 aromatic rings. The van der Waals surface area contributed by atoms with E-state index in [9.17, 15) is 0 Å². The Kier molecular flexibility index (Phi) is 7.35. The first-order chi connectivity index (χ1) is 12.3. The molecule has 3 fully saturated rings. The molecule has 2 saturated heterocycles. The van der Waals surface area contributed by atoms with E-state index in [1.165, 1.54) is 44.3 Å². The first kappa shape index (κ1) is 20.1. The van der Waals surface area contributed by atoms with Crippen LogP contribution in [0.3, 0.4) is 0 Å². The molecule has 2 N–H and O–H groups in total. The van der Waals surface area contributed by atoms with Crippen LogP contribution in [0.5, 0.6) is 0 Å². The highest BCUT2D eigenvalue weighted by atomic mass is 35.5. The third-order valence-electron chi connectivity index (χ3n) is 6.54. The summed E-state index contributed by atoms with van der Waals surface area (Å²) in [5, 5.41) is 7.71. The third-order valence-corrected chi connectivity index (χ3v) is 6.54.